The predicted octanol–water partition coefficient (Wildman–Crippen LogP) is -0.542. The van der Waals surface area contributed by atoms with Gasteiger partial charge in [-0.2, -0.15) is 0 Å². The third-order valence-electron chi connectivity index (χ3n) is 15.4. The first-order valence-corrected chi connectivity index (χ1v) is 30.9. The quantitative estimate of drug-likeness (QED) is 0.0623. The van der Waals surface area contributed by atoms with Crippen LogP contribution in [-0.4, -0.2) is 83.1 Å². The van der Waals surface area contributed by atoms with Crippen LogP contribution in [-0.2, 0) is 37.0 Å². The summed E-state index contributed by atoms with van der Waals surface area (Å²) in [5.41, 5.74) is 9.14. The number of amides is 2. The van der Waals surface area contributed by atoms with Gasteiger partial charge < -0.3 is 34.3 Å². The van der Waals surface area contributed by atoms with Crippen LogP contribution >= 0.6 is 70.6 Å². The first kappa shape index (κ1) is 63.9. The molecule has 2 amide bonds. The topological polar surface area (TPSA) is 181 Å². The van der Waals surface area contributed by atoms with E-state index in [-0.39, 0.29) is 145 Å². The number of aliphatic carboxylic acids is 2. The normalized spacial score (nSPS) is 21.4. The van der Waals surface area contributed by atoms with Gasteiger partial charge in [-0.1, -0.05) is 109 Å². The summed E-state index contributed by atoms with van der Waals surface area (Å²) in [7, 11) is 0. The second kappa shape index (κ2) is 27.6. The second-order valence-electron chi connectivity index (χ2n) is 20.1. The molecule has 6 aliphatic rings. The van der Waals surface area contributed by atoms with Crippen LogP contribution < -0.4 is 152 Å². The molecule has 6 heterocycles. The monoisotopic (exact) mass is 1270 g/mol. The van der Waals surface area contributed by atoms with Gasteiger partial charge >= 0.3 is 103 Å². The van der Waals surface area contributed by atoms with Gasteiger partial charge in [0.2, 0.25) is 0 Å². The Morgan fingerprint density at radius 2 is 1.11 bits per heavy atom. The van der Waals surface area contributed by atoms with Crippen molar-refractivity contribution in [3.63, 3.8) is 0 Å². The Bertz CT molecular complexity index is 4020. The number of para-hydroxylation sites is 2. The third-order valence-corrected chi connectivity index (χ3v) is 20.6. The number of thioether (sulfide) groups is 2. The summed E-state index contributed by atoms with van der Waals surface area (Å²) in [5.74, 6) is -2.67. The number of nitrogens with zero attached hydrogens (tertiary/aromatic N) is 6. The Balaban J connectivity index is 0.000000196. The average molecular weight is 1270 g/mol. The summed E-state index contributed by atoms with van der Waals surface area (Å²) < 4.78 is 11.5. The predicted molar refractivity (Wildman–Crippen MR) is 325 cm³/mol. The van der Waals surface area contributed by atoms with Crippen molar-refractivity contribution in [2.75, 3.05) is 29.5 Å². The minimum absolute atomic E-state index is 0. The number of rotatable bonds is 13. The zero-order valence-electron chi connectivity index (χ0n) is 46.4. The van der Waals surface area contributed by atoms with E-state index in [1.807, 2.05) is 44.2 Å². The Hall–Kier alpha value is -3.61. The third kappa shape index (κ3) is 12.8. The summed E-state index contributed by atoms with van der Waals surface area (Å²) in [4.78, 5) is 82.4. The van der Waals surface area contributed by atoms with E-state index in [0.29, 0.717) is 55.4 Å². The molecule has 6 aromatic rings. The molecule has 4 aromatic carbocycles. The average Bonchev–Trinajstić information content (AvgIpc) is 3.85. The largest absolute Gasteiger partial charge is 1.00 e. The number of carboxylic acids is 2. The molecular weight excluding hydrogens is 1220 g/mol. The number of thiocarbonyl (C=S) groups is 2. The summed E-state index contributed by atoms with van der Waals surface area (Å²) >= 11 is 15.0. The van der Waals surface area contributed by atoms with Crippen molar-refractivity contribution in [2.24, 2.45) is 0 Å². The molecule has 2 aliphatic carbocycles. The van der Waals surface area contributed by atoms with Crippen LogP contribution in [0.15, 0.2) is 117 Å². The molecule has 0 spiro atoms. The molecule has 4 atom stereocenters. The molecule has 2 saturated carbocycles. The number of anilines is 4. The molecule has 2 saturated heterocycles. The van der Waals surface area contributed by atoms with Crippen molar-refractivity contribution in [1.82, 2.24) is 18.9 Å². The van der Waals surface area contributed by atoms with Crippen molar-refractivity contribution >= 4 is 149 Å². The van der Waals surface area contributed by atoms with Crippen molar-refractivity contribution in [2.45, 2.75) is 96.3 Å². The minimum Gasteiger partial charge on any atom is -0.548 e. The fraction of sp³-hybridized carbons (Fsp3) is 0.300. The molecular formula is C60H54K2N6O9S6. The summed E-state index contributed by atoms with van der Waals surface area (Å²) in [5, 5.41) is 22.2. The van der Waals surface area contributed by atoms with E-state index in [0.717, 1.165) is 70.1 Å². The SMILES string of the molecule is CCO/C(C=c1s/c(=C\c2ccc3c(c2)C2CCCC2N3c2ccccc2)c(=O)n1CC)=C1\SC(=S)N(CC(=O)[O-])C1=O.CCn1c(=O)/c(=C/c2ccc3c(c2)C2CCCC2N3c2ccccc2)s/c1=C1\SC(=S)N(CC(=O)[O-])C1=O.[K+].[K+]. The number of hydrogen-bond acceptors (Lipinski definition) is 17. The molecule has 12 rings (SSSR count). The Kier molecular flexibility index (Phi) is 21.3. The van der Waals surface area contributed by atoms with E-state index in [1.54, 1.807) is 22.1 Å². The molecule has 0 bridgehead atoms. The van der Waals surface area contributed by atoms with Gasteiger partial charge in [0, 0.05) is 65.8 Å². The fourth-order valence-electron chi connectivity index (χ4n) is 12.0. The van der Waals surface area contributed by atoms with Crippen LogP contribution in [0.1, 0.15) is 93.4 Å². The number of carbonyl (C=O) groups excluding carboxylic acids is 4. The van der Waals surface area contributed by atoms with Gasteiger partial charge in [0.1, 0.15) is 33.5 Å². The van der Waals surface area contributed by atoms with E-state index in [1.165, 1.54) is 69.4 Å². The number of thiazole rings is 2. The molecule has 416 valence electrons. The van der Waals surface area contributed by atoms with Crippen molar-refractivity contribution < 1.29 is 137 Å². The van der Waals surface area contributed by atoms with Crippen LogP contribution in [0.2, 0.25) is 0 Å². The first-order chi connectivity index (χ1) is 39.2. The van der Waals surface area contributed by atoms with E-state index in [9.17, 15) is 39.0 Å². The maximum absolute atomic E-state index is 13.5. The molecule has 4 fully saturated rings. The van der Waals surface area contributed by atoms with Gasteiger partial charge in [-0.15, -0.1) is 22.7 Å². The number of fused-ring (bicyclic) bond motifs is 6. The second-order valence-corrected chi connectivity index (χ2v) is 25.5. The Morgan fingerprint density at radius 1 is 0.627 bits per heavy atom. The number of aromatic nitrogens is 2. The molecule has 0 N–H and O–H groups in total. The zero-order valence-corrected chi connectivity index (χ0v) is 57.5. The van der Waals surface area contributed by atoms with Gasteiger partial charge in [-0.25, -0.2) is 0 Å². The minimum atomic E-state index is -1.40. The number of carbonyl (C=O) groups is 4. The van der Waals surface area contributed by atoms with Gasteiger partial charge in [0.25, 0.3) is 22.9 Å². The van der Waals surface area contributed by atoms with Crippen LogP contribution in [0.3, 0.4) is 0 Å². The van der Waals surface area contributed by atoms with Gasteiger partial charge in [0.05, 0.1) is 40.7 Å². The number of ether oxygens (including phenoxy) is 1. The smallest absolute Gasteiger partial charge is 0.548 e. The van der Waals surface area contributed by atoms with Crippen LogP contribution in [0.25, 0.3) is 23.1 Å². The maximum atomic E-state index is 13.5. The molecule has 4 aliphatic heterocycles. The van der Waals surface area contributed by atoms with E-state index >= 15 is 0 Å². The van der Waals surface area contributed by atoms with Gasteiger partial charge in [-0.05, 0) is 129 Å². The number of allylic oxidation sites excluding steroid dienone is 1. The molecule has 2 aromatic heterocycles. The zero-order chi connectivity index (χ0) is 56.8. The molecule has 83 heavy (non-hydrogen) atoms. The van der Waals surface area contributed by atoms with E-state index in [2.05, 4.69) is 88.7 Å². The Morgan fingerprint density at radius 3 is 1.60 bits per heavy atom. The molecule has 0 radical (unpaired) electrons. The standard InChI is InChI=1S/C32H31N3O5S3.C28H25N3O4S3.2K/c1-3-33-27(17-25(40-4-2)29-31(39)34(18-28(36)37)32(41)43-29)42-26(30(33)38)16-19-13-14-24-22(15-19)21-11-8-12-23(21)35(24)20-9-6-5-7-10-20;1-2-29-25(34)22(37-27(29)24-26(35)30(15-23(32)33)28(36)38-24)14-16-11-12-21-19(13-16)18-9-6-10-20(18)31(21)17-7-4-3-5-8-17;;/h5-7,9-10,13-17,21,23H,3-4,8,11-12,18H2,1-2H3,(H,36,37);3-5,7-8,11-14,18,20H,2,6,9-10,15H2,1H3,(H,32,33);;/q;;2*+1/p-2/b26-16-,27-17?,29-25-;22-14-,27-24-;;. The van der Waals surface area contributed by atoms with Crippen molar-refractivity contribution in [1.29, 1.82) is 0 Å². The molecule has 15 nitrogen and oxygen atoms in total. The van der Waals surface area contributed by atoms with Gasteiger partial charge in [-0.3, -0.25) is 38.1 Å². The fourth-order valence-corrected chi connectivity index (χ4v) is 17.0. The summed E-state index contributed by atoms with van der Waals surface area (Å²) in [6.45, 7) is 5.37. The summed E-state index contributed by atoms with van der Waals surface area (Å²) in [6.07, 6.45) is 12.5. The van der Waals surface area contributed by atoms with Crippen LogP contribution in [0, 0.1) is 0 Å². The van der Waals surface area contributed by atoms with E-state index in [4.69, 9.17) is 29.2 Å². The Labute approximate surface area is 591 Å². The number of benzene rings is 4. The molecule has 4 unspecified atom stereocenters. The maximum Gasteiger partial charge on any atom is 1.00 e. The van der Waals surface area contributed by atoms with Crippen molar-refractivity contribution in [3.8, 4) is 0 Å². The number of carboxylic acid groups (broad SMARTS) is 2. The first-order valence-electron chi connectivity index (χ1n) is 26.9. The number of hydrogen-bond donors (Lipinski definition) is 0. The molecule has 23 heteroatoms. The van der Waals surface area contributed by atoms with Crippen molar-refractivity contribution in [3.05, 3.63) is 169 Å². The van der Waals surface area contributed by atoms with Gasteiger partial charge in [0.15, 0.2) is 0 Å². The van der Waals surface area contributed by atoms with Crippen LogP contribution in [0.4, 0.5) is 22.7 Å². The van der Waals surface area contributed by atoms with Crippen LogP contribution in [0.5, 0.6) is 0 Å². The van der Waals surface area contributed by atoms with E-state index < -0.39 is 36.8 Å². The summed E-state index contributed by atoms with van der Waals surface area (Å²) in [6, 6.07) is 34.8.